The average molecular weight is 536 g/mol. The van der Waals surface area contributed by atoms with Crippen LogP contribution in [0.3, 0.4) is 0 Å². The molecule has 3 aromatic heterocycles. The maximum atomic E-state index is 13.9. The number of rotatable bonds is 9. The van der Waals surface area contributed by atoms with Crippen molar-refractivity contribution in [2.75, 3.05) is 19.0 Å². The van der Waals surface area contributed by atoms with Gasteiger partial charge >= 0.3 is 0 Å². The Balaban J connectivity index is 1.55. The quantitative estimate of drug-likeness (QED) is 0.191. The summed E-state index contributed by atoms with van der Waals surface area (Å²) in [4.78, 5) is 8.80. The number of nitrogens with zero attached hydrogens (tertiary/aromatic N) is 4. The van der Waals surface area contributed by atoms with Crippen LogP contribution in [-0.4, -0.2) is 46.2 Å². The van der Waals surface area contributed by atoms with Crippen LogP contribution in [0.4, 0.5) is 15.8 Å². The lowest BCUT2D eigenvalue weighted by Gasteiger charge is -2.19. The van der Waals surface area contributed by atoms with Gasteiger partial charge in [-0.25, -0.2) is 18.9 Å². The van der Waals surface area contributed by atoms with E-state index in [1.54, 1.807) is 19.5 Å². The first-order chi connectivity index (χ1) is 18.4. The molecule has 0 bridgehead atoms. The molecule has 0 spiro atoms. The highest BCUT2D eigenvalue weighted by Crippen LogP contribution is 2.33. The first-order valence-corrected chi connectivity index (χ1v) is 13.1. The Morgan fingerprint density at radius 1 is 1.18 bits per heavy atom. The van der Waals surface area contributed by atoms with Gasteiger partial charge in [-0.1, -0.05) is 18.5 Å². The zero-order valence-electron chi connectivity index (χ0n) is 21.4. The summed E-state index contributed by atoms with van der Waals surface area (Å²) < 4.78 is 20.9. The lowest BCUT2D eigenvalue weighted by atomic mass is 10.1. The minimum Gasteiger partial charge on any atom is -0.481 e. The minimum atomic E-state index is -0.436. The summed E-state index contributed by atoms with van der Waals surface area (Å²) in [6.07, 6.45) is 9.62. The summed E-state index contributed by atoms with van der Waals surface area (Å²) in [6, 6.07) is 10.6. The second kappa shape index (κ2) is 11.4. The number of benzene rings is 1. The van der Waals surface area contributed by atoms with E-state index < -0.39 is 5.82 Å². The Morgan fingerprint density at radius 2 is 2.03 bits per heavy atom. The van der Waals surface area contributed by atoms with Gasteiger partial charge in [0.25, 0.3) is 0 Å². The zero-order valence-corrected chi connectivity index (χ0v) is 22.2. The Hall–Kier alpha value is -3.69. The lowest BCUT2D eigenvalue weighted by molar-refractivity contribution is 0.398. The Morgan fingerprint density at radius 3 is 2.79 bits per heavy atom. The van der Waals surface area contributed by atoms with Crippen LogP contribution in [0.2, 0.25) is 5.02 Å². The fourth-order valence-electron chi connectivity index (χ4n) is 4.84. The molecule has 0 saturated heterocycles. The predicted molar refractivity (Wildman–Crippen MR) is 150 cm³/mol. The highest BCUT2D eigenvalue weighted by Gasteiger charge is 2.26. The van der Waals surface area contributed by atoms with Gasteiger partial charge in [-0.15, -0.1) is 0 Å². The number of aromatic nitrogens is 3. The van der Waals surface area contributed by atoms with Gasteiger partial charge < -0.3 is 21.1 Å². The van der Waals surface area contributed by atoms with E-state index in [1.165, 1.54) is 18.2 Å². The monoisotopic (exact) mass is 535 g/mol. The van der Waals surface area contributed by atoms with Gasteiger partial charge in [0.2, 0.25) is 5.88 Å². The summed E-state index contributed by atoms with van der Waals surface area (Å²) in [5.74, 6) is 0.309. The summed E-state index contributed by atoms with van der Waals surface area (Å²) in [5.41, 5.74) is 10.9. The predicted octanol–water partition coefficient (Wildman–Crippen LogP) is 5.57. The molecule has 38 heavy (non-hydrogen) atoms. The van der Waals surface area contributed by atoms with Crippen LogP contribution in [0.5, 0.6) is 5.88 Å². The van der Waals surface area contributed by atoms with Crippen molar-refractivity contribution >= 4 is 34.3 Å². The second-order valence-corrected chi connectivity index (χ2v) is 9.89. The van der Waals surface area contributed by atoms with E-state index in [4.69, 9.17) is 22.1 Å². The number of amidine groups is 1. The molecule has 0 radical (unpaired) electrons. The number of hydrogen-bond donors (Lipinski definition) is 3. The summed E-state index contributed by atoms with van der Waals surface area (Å²) in [7, 11) is 1.59. The van der Waals surface area contributed by atoms with Gasteiger partial charge in [0.15, 0.2) is 0 Å². The molecule has 5 rings (SSSR count). The fourth-order valence-corrected chi connectivity index (χ4v) is 5.00. The van der Waals surface area contributed by atoms with Gasteiger partial charge in [-0.3, -0.25) is 0 Å². The smallest absolute Gasteiger partial charge is 0.212 e. The minimum absolute atomic E-state index is 0.197. The van der Waals surface area contributed by atoms with Gasteiger partial charge in [0.1, 0.15) is 11.7 Å². The Labute approximate surface area is 226 Å². The van der Waals surface area contributed by atoms with Gasteiger partial charge in [-0.05, 0) is 56.5 Å². The van der Waals surface area contributed by atoms with Crippen LogP contribution in [0.1, 0.15) is 38.2 Å². The van der Waals surface area contributed by atoms with Crippen molar-refractivity contribution in [3.05, 3.63) is 71.4 Å². The molecule has 0 unspecified atom stereocenters. The largest absolute Gasteiger partial charge is 0.481 e. The SMILES string of the molecule is CCCN[C@H]1CC[C@@H](Nc2c(C(N)=Nc3cc(F)ccc3Cl)cnn3cc(-c4ccc(OC)nc4)cc23)C1. The zero-order chi connectivity index (χ0) is 26.6. The third kappa shape index (κ3) is 5.58. The van der Waals surface area contributed by atoms with Crippen molar-refractivity contribution in [1.29, 1.82) is 0 Å². The topological polar surface area (TPSA) is 102 Å². The molecule has 1 aliphatic rings. The third-order valence-corrected chi connectivity index (χ3v) is 7.12. The number of nitrogens with two attached hydrogens (primary N) is 1. The first kappa shape index (κ1) is 25.9. The molecule has 1 fully saturated rings. The van der Waals surface area contributed by atoms with E-state index in [0.29, 0.717) is 22.5 Å². The molecule has 4 aromatic rings. The summed E-state index contributed by atoms with van der Waals surface area (Å²) in [5, 5.41) is 12.3. The van der Waals surface area contributed by atoms with E-state index in [2.05, 4.69) is 32.6 Å². The van der Waals surface area contributed by atoms with Gasteiger partial charge in [-0.2, -0.15) is 5.10 Å². The molecule has 10 heteroatoms. The van der Waals surface area contributed by atoms with E-state index in [0.717, 1.165) is 54.6 Å². The maximum absolute atomic E-state index is 13.9. The van der Waals surface area contributed by atoms with Crippen molar-refractivity contribution in [2.24, 2.45) is 10.7 Å². The molecule has 1 saturated carbocycles. The maximum Gasteiger partial charge on any atom is 0.212 e. The average Bonchev–Trinajstić information content (AvgIpc) is 3.57. The standard InChI is InChI=1S/C28H31ClFN7O/c1-3-10-32-20-6-7-21(13-20)35-27-22(28(31)36-24-12-19(30)5-8-23(24)29)15-34-37-16-18(11-25(27)37)17-4-9-26(38-2)33-14-17/h4-5,8-9,11-12,14-16,20-21,32,35H,3,6-7,10,13H2,1-2H3,(H2,31,36)/t20-,21+/m0/s1. The molecular weight excluding hydrogens is 505 g/mol. The summed E-state index contributed by atoms with van der Waals surface area (Å²) >= 11 is 6.26. The molecular formula is C28H31ClFN7O. The van der Waals surface area contributed by atoms with E-state index in [-0.39, 0.29) is 17.6 Å². The van der Waals surface area contributed by atoms with E-state index in [1.807, 2.05) is 28.9 Å². The number of anilines is 1. The molecule has 1 aromatic carbocycles. The number of nitrogens with one attached hydrogen (secondary N) is 2. The molecule has 0 amide bonds. The van der Waals surface area contributed by atoms with Crippen LogP contribution in [0.15, 0.2) is 60.0 Å². The first-order valence-electron chi connectivity index (χ1n) is 12.8. The van der Waals surface area contributed by atoms with Crippen LogP contribution in [0, 0.1) is 5.82 Å². The van der Waals surface area contributed by atoms with Gasteiger partial charge in [0.05, 0.1) is 40.8 Å². The molecule has 3 heterocycles. The molecule has 198 valence electrons. The molecule has 4 N–H and O–H groups in total. The number of halogens is 2. The molecule has 1 aliphatic carbocycles. The summed E-state index contributed by atoms with van der Waals surface area (Å²) in [6.45, 7) is 3.18. The van der Waals surface area contributed by atoms with Crippen molar-refractivity contribution < 1.29 is 9.13 Å². The van der Waals surface area contributed by atoms with Crippen LogP contribution in [0.25, 0.3) is 16.6 Å². The van der Waals surface area contributed by atoms with E-state index >= 15 is 0 Å². The fraction of sp³-hybridized carbons (Fsp3) is 0.321. The van der Waals surface area contributed by atoms with Crippen molar-refractivity contribution in [2.45, 2.75) is 44.7 Å². The van der Waals surface area contributed by atoms with Crippen molar-refractivity contribution in [3.63, 3.8) is 0 Å². The highest BCUT2D eigenvalue weighted by molar-refractivity contribution is 6.33. The Kier molecular flexibility index (Phi) is 7.76. The number of pyridine rings is 1. The van der Waals surface area contributed by atoms with Crippen LogP contribution >= 0.6 is 11.6 Å². The number of fused-ring (bicyclic) bond motifs is 1. The number of aliphatic imine (C=N–C) groups is 1. The van der Waals surface area contributed by atoms with E-state index in [9.17, 15) is 4.39 Å². The van der Waals surface area contributed by atoms with Crippen LogP contribution < -0.4 is 21.1 Å². The van der Waals surface area contributed by atoms with Crippen molar-refractivity contribution in [1.82, 2.24) is 19.9 Å². The number of ether oxygens (including phenoxy) is 1. The lowest BCUT2D eigenvalue weighted by Crippen LogP contribution is -2.29. The second-order valence-electron chi connectivity index (χ2n) is 9.48. The highest BCUT2D eigenvalue weighted by atomic mass is 35.5. The number of hydrogen-bond acceptors (Lipinski definition) is 6. The van der Waals surface area contributed by atoms with Crippen LogP contribution in [-0.2, 0) is 0 Å². The van der Waals surface area contributed by atoms with Crippen molar-refractivity contribution in [3.8, 4) is 17.0 Å². The molecule has 0 aliphatic heterocycles. The molecule has 8 nitrogen and oxygen atoms in total. The Bertz CT molecular complexity index is 1450. The normalized spacial score (nSPS) is 17.7. The van der Waals surface area contributed by atoms with Gasteiger partial charge in [0, 0.05) is 47.7 Å². The third-order valence-electron chi connectivity index (χ3n) is 6.81. The number of methoxy groups -OCH3 is 1. The molecule has 2 atom stereocenters.